The Morgan fingerprint density at radius 1 is 1.10 bits per heavy atom. The fourth-order valence-corrected chi connectivity index (χ4v) is 3.35. The van der Waals surface area contributed by atoms with Crippen LogP contribution in [0.1, 0.15) is 21.5 Å². The lowest BCUT2D eigenvalue weighted by Crippen LogP contribution is -2.07. The van der Waals surface area contributed by atoms with Crippen molar-refractivity contribution in [2.24, 2.45) is 0 Å². The van der Waals surface area contributed by atoms with Crippen molar-refractivity contribution in [1.82, 2.24) is 9.55 Å². The number of hydrogen-bond donors (Lipinski definition) is 0. The monoisotopic (exact) mass is 430 g/mol. The molecule has 0 saturated carbocycles. The second-order valence-electron chi connectivity index (χ2n) is 6.55. The van der Waals surface area contributed by atoms with Gasteiger partial charge in [-0.1, -0.05) is 41.9 Å². The lowest BCUT2D eigenvalue weighted by atomic mass is 10.2. The average Bonchev–Trinajstić information content (AvgIpc) is 3.10. The zero-order valence-electron chi connectivity index (χ0n) is 15.4. The molecule has 0 atom stereocenters. The zero-order chi connectivity index (χ0) is 21.3. The van der Waals surface area contributed by atoms with E-state index in [9.17, 15) is 18.0 Å². The van der Waals surface area contributed by atoms with Crippen molar-refractivity contribution in [2.45, 2.75) is 12.8 Å². The highest BCUT2D eigenvalue weighted by atomic mass is 35.5. The fourth-order valence-electron chi connectivity index (χ4n) is 3.10. The molecular weight excluding hydrogens is 417 g/mol. The third-order valence-corrected chi connectivity index (χ3v) is 4.84. The zero-order valence-corrected chi connectivity index (χ0v) is 16.1. The summed E-state index contributed by atoms with van der Waals surface area (Å²) in [5.74, 6) is 0.652. The van der Waals surface area contributed by atoms with E-state index < -0.39 is 11.7 Å². The Morgan fingerprint density at radius 3 is 2.53 bits per heavy atom. The molecule has 4 nitrogen and oxygen atoms in total. The van der Waals surface area contributed by atoms with Crippen molar-refractivity contribution in [3.63, 3.8) is 0 Å². The molecule has 30 heavy (non-hydrogen) atoms. The van der Waals surface area contributed by atoms with Gasteiger partial charge in [0.05, 0.1) is 16.1 Å². The molecule has 0 aliphatic rings. The molecule has 4 rings (SSSR count). The van der Waals surface area contributed by atoms with Gasteiger partial charge in [-0.05, 0) is 29.8 Å². The van der Waals surface area contributed by atoms with Crippen LogP contribution in [0.3, 0.4) is 0 Å². The number of carbonyl (C=O) groups excluding carboxylic acids is 1. The number of aldehydes is 1. The quantitative estimate of drug-likeness (QED) is 0.360. The van der Waals surface area contributed by atoms with Gasteiger partial charge in [-0.3, -0.25) is 9.36 Å². The molecule has 0 aliphatic carbocycles. The fraction of sp³-hybridized carbons (Fsp3) is 0.0909. The summed E-state index contributed by atoms with van der Waals surface area (Å²) in [4.78, 5) is 15.4. The van der Waals surface area contributed by atoms with Crippen LogP contribution in [0, 0.1) is 0 Å². The number of pyridine rings is 1. The molecule has 0 saturated heterocycles. The van der Waals surface area contributed by atoms with Crippen LogP contribution in [-0.4, -0.2) is 15.8 Å². The number of rotatable bonds is 5. The summed E-state index contributed by atoms with van der Waals surface area (Å²) in [7, 11) is 0. The predicted octanol–water partition coefficient (Wildman–Crippen LogP) is 6.09. The molecule has 0 N–H and O–H groups in total. The summed E-state index contributed by atoms with van der Waals surface area (Å²) >= 11 is 6.08. The van der Waals surface area contributed by atoms with Gasteiger partial charge in [-0.25, -0.2) is 4.98 Å². The highest BCUT2D eigenvalue weighted by Gasteiger charge is 2.31. The van der Waals surface area contributed by atoms with E-state index in [-0.39, 0.29) is 10.8 Å². The summed E-state index contributed by atoms with van der Waals surface area (Å²) in [6.45, 7) is 0.357. The van der Waals surface area contributed by atoms with E-state index in [0.717, 1.165) is 11.6 Å². The minimum absolute atomic E-state index is 0.0979. The number of benzene rings is 2. The van der Waals surface area contributed by atoms with Gasteiger partial charge in [-0.15, -0.1) is 0 Å². The molecule has 0 aliphatic heterocycles. The van der Waals surface area contributed by atoms with Crippen LogP contribution >= 0.6 is 11.6 Å². The van der Waals surface area contributed by atoms with Crippen molar-refractivity contribution in [3.05, 3.63) is 88.7 Å². The summed E-state index contributed by atoms with van der Waals surface area (Å²) in [6.07, 6.45) is -1.68. The Kier molecular flexibility index (Phi) is 5.22. The second-order valence-corrected chi connectivity index (χ2v) is 6.96. The van der Waals surface area contributed by atoms with E-state index in [4.69, 9.17) is 16.3 Å². The number of hydrogen-bond acceptors (Lipinski definition) is 3. The molecule has 0 bridgehead atoms. The molecule has 4 aromatic rings. The Hall–Kier alpha value is -3.32. The number of halogens is 4. The van der Waals surface area contributed by atoms with Crippen molar-refractivity contribution in [3.8, 4) is 11.6 Å². The highest BCUT2D eigenvalue weighted by molar-refractivity contribution is 6.32. The highest BCUT2D eigenvalue weighted by Crippen LogP contribution is 2.34. The van der Waals surface area contributed by atoms with Gasteiger partial charge in [0, 0.05) is 23.3 Å². The maximum absolute atomic E-state index is 12.9. The van der Waals surface area contributed by atoms with E-state index in [0.29, 0.717) is 41.3 Å². The topological polar surface area (TPSA) is 44.1 Å². The first-order valence-corrected chi connectivity index (χ1v) is 9.25. The average molecular weight is 431 g/mol. The first-order chi connectivity index (χ1) is 14.4. The third-order valence-electron chi connectivity index (χ3n) is 4.56. The molecule has 0 spiro atoms. The van der Waals surface area contributed by atoms with Gasteiger partial charge in [0.2, 0.25) is 0 Å². The first kappa shape index (κ1) is 20.0. The van der Waals surface area contributed by atoms with Crippen LogP contribution in [0.5, 0.6) is 5.75 Å². The number of aromatic nitrogens is 2. The van der Waals surface area contributed by atoms with Gasteiger partial charge in [0.1, 0.15) is 12.4 Å². The molecule has 2 aromatic heterocycles. The smallest absolute Gasteiger partial charge is 0.417 e. The standard InChI is InChI=1S/C22H14ClF3N2O2/c23-19-8-16(22(24,25)26)10-27-21(19)28-11-15(12-29)18-9-17(6-7-20(18)28)30-13-14-4-2-1-3-5-14/h1-12H,13H2. The van der Waals surface area contributed by atoms with Crippen LogP contribution in [0.25, 0.3) is 16.7 Å². The summed E-state index contributed by atoms with van der Waals surface area (Å²) in [6, 6.07) is 15.5. The third kappa shape index (κ3) is 3.89. The van der Waals surface area contributed by atoms with Gasteiger partial charge in [0.15, 0.2) is 12.1 Å². The van der Waals surface area contributed by atoms with Crippen molar-refractivity contribution >= 4 is 28.8 Å². The maximum Gasteiger partial charge on any atom is 0.417 e. The van der Waals surface area contributed by atoms with E-state index in [1.54, 1.807) is 18.2 Å². The number of alkyl halides is 3. The molecule has 152 valence electrons. The Morgan fingerprint density at radius 2 is 1.87 bits per heavy atom. The summed E-state index contributed by atoms with van der Waals surface area (Å²) < 4.78 is 46.0. The van der Waals surface area contributed by atoms with Crippen molar-refractivity contribution < 1.29 is 22.7 Å². The van der Waals surface area contributed by atoms with Crippen molar-refractivity contribution in [2.75, 3.05) is 0 Å². The number of nitrogens with zero attached hydrogens (tertiary/aromatic N) is 2. The minimum atomic E-state index is -4.55. The SMILES string of the molecule is O=Cc1cn(-c2ncc(C(F)(F)F)cc2Cl)c2ccc(OCc3ccccc3)cc12. The summed E-state index contributed by atoms with van der Waals surface area (Å²) in [5, 5.41) is 0.400. The Balaban J connectivity index is 1.71. The molecule has 8 heteroatoms. The molecule has 0 fully saturated rings. The summed E-state index contributed by atoms with van der Waals surface area (Å²) in [5.41, 5.74) is 0.956. The predicted molar refractivity (Wildman–Crippen MR) is 107 cm³/mol. The van der Waals surface area contributed by atoms with Gasteiger partial charge in [-0.2, -0.15) is 13.2 Å². The van der Waals surface area contributed by atoms with Crippen LogP contribution in [-0.2, 0) is 12.8 Å². The number of carbonyl (C=O) groups is 1. The van der Waals surface area contributed by atoms with E-state index in [1.807, 2.05) is 30.3 Å². The van der Waals surface area contributed by atoms with E-state index >= 15 is 0 Å². The normalized spacial score (nSPS) is 11.6. The van der Waals surface area contributed by atoms with Crippen molar-refractivity contribution in [1.29, 1.82) is 0 Å². The lowest BCUT2D eigenvalue weighted by molar-refractivity contribution is -0.137. The van der Waals surface area contributed by atoms with Gasteiger partial charge in [0.25, 0.3) is 0 Å². The molecule has 2 heterocycles. The van der Waals surface area contributed by atoms with Crippen LogP contribution in [0.15, 0.2) is 67.0 Å². The number of ether oxygens (including phenoxy) is 1. The van der Waals surface area contributed by atoms with Crippen LogP contribution < -0.4 is 4.74 Å². The molecule has 2 aromatic carbocycles. The van der Waals surface area contributed by atoms with Crippen LogP contribution in [0.2, 0.25) is 5.02 Å². The molecule has 0 unspecified atom stereocenters. The first-order valence-electron chi connectivity index (χ1n) is 8.87. The Labute approximate surface area is 174 Å². The van der Waals surface area contributed by atoms with Gasteiger partial charge < -0.3 is 4.74 Å². The largest absolute Gasteiger partial charge is 0.489 e. The molecular formula is C22H14ClF3N2O2. The Bertz CT molecular complexity index is 1220. The number of fused-ring (bicyclic) bond motifs is 1. The van der Waals surface area contributed by atoms with E-state index in [2.05, 4.69) is 4.98 Å². The van der Waals surface area contributed by atoms with Gasteiger partial charge >= 0.3 is 6.18 Å². The lowest BCUT2D eigenvalue weighted by Gasteiger charge is -2.11. The van der Waals surface area contributed by atoms with E-state index in [1.165, 1.54) is 10.8 Å². The second kappa shape index (κ2) is 7.84. The minimum Gasteiger partial charge on any atom is -0.489 e. The molecule has 0 amide bonds. The van der Waals surface area contributed by atoms with Crippen LogP contribution in [0.4, 0.5) is 13.2 Å². The maximum atomic E-state index is 12.9. The molecule has 0 radical (unpaired) electrons.